The Labute approximate surface area is 211 Å². The lowest BCUT2D eigenvalue weighted by molar-refractivity contribution is -0.0232. The van der Waals surface area contributed by atoms with E-state index in [1.807, 2.05) is 30.5 Å². The van der Waals surface area contributed by atoms with Crippen LogP contribution in [0.5, 0.6) is 5.88 Å². The highest BCUT2D eigenvalue weighted by molar-refractivity contribution is 9.10. The molecule has 0 spiro atoms. The van der Waals surface area contributed by atoms with Crippen LogP contribution in [0.4, 0.5) is 5.82 Å². The van der Waals surface area contributed by atoms with Gasteiger partial charge in [-0.1, -0.05) is 6.07 Å². The number of hydrogen-bond donors (Lipinski definition) is 2. The van der Waals surface area contributed by atoms with Gasteiger partial charge in [0.25, 0.3) is 0 Å². The molecule has 10 heteroatoms. The first kappa shape index (κ1) is 23.7. The molecule has 0 saturated heterocycles. The third-order valence-electron chi connectivity index (χ3n) is 6.64. The molecule has 1 aliphatic carbocycles. The lowest BCUT2D eigenvalue weighted by Crippen LogP contribution is -2.19. The summed E-state index contributed by atoms with van der Waals surface area (Å²) in [5.74, 6) is 1.87. The molecule has 4 aromatic rings. The van der Waals surface area contributed by atoms with E-state index in [9.17, 15) is 0 Å². The van der Waals surface area contributed by atoms with E-state index >= 15 is 0 Å². The Hall–Kier alpha value is -3.08. The van der Waals surface area contributed by atoms with Crippen LogP contribution in [-0.2, 0) is 4.74 Å². The fraction of sp³-hybridized carbons (Fsp3) is 0.360. The molecule has 35 heavy (non-hydrogen) atoms. The summed E-state index contributed by atoms with van der Waals surface area (Å²) in [5.41, 5.74) is 11.7. The zero-order chi connectivity index (χ0) is 24.4. The molecule has 0 radical (unpaired) electrons. The number of fused-ring (bicyclic) bond motifs is 1. The fourth-order valence-corrected chi connectivity index (χ4v) is 5.27. The lowest BCUT2D eigenvalue weighted by Gasteiger charge is -2.28. The van der Waals surface area contributed by atoms with Gasteiger partial charge >= 0.3 is 0 Å². The van der Waals surface area contributed by atoms with Crippen molar-refractivity contribution in [2.24, 2.45) is 5.92 Å². The number of nitrogens with zero attached hydrogens (tertiary/aromatic N) is 5. The maximum absolute atomic E-state index is 8.91. The summed E-state index contributed by atoms with van der Waals surface area (Å²) in [6.45, 7) is 0.373. The van der Waals surface area contributed by atoms with Gasteiger partial charge in [-0.05, 0) is 59.7 Å². The topological polar surface area (TPSA) is 121 Å². The van der Waals surface area contributed by atoms with Crippen LogP contribution in [0.15, 0.2) is 47.3 Å². The normalized spacial score (nSPS) is 18.1. The minimum Gasteiger partial charge on any atom is -0.481 e. The van der Waals surface area contributed by atoms with E-state index in [1.165, 1.54) is 0 Å². The monoisotopic (exact) mass is 538 g/mol. The van der Waals surface area contributed by atoms with Crippen molar-refractivity contribution in [2.45, 2.75) is 31.6 Å². The second-order valence-electron chi connectivity index (χ2n) is 8.73. The van der Waals surface area contributed by atoms with E-state index in [0.717, 1.165) is 58.2 Å². The van der Waals surface area contributed by atoms with Crippen LogP contribution in [-0.4, -0.2) is 50.2 Å². The zero-order valence-corrected chi connectivity index (χ0v) is 21.0. The number of aliphatic hydroxyl groups excluding tert-OH is 1. The summed E-state index contributed by atoms with van der Waals surface area (Å²) in [5, 5.41) is 13.4. The predicted octanol–water partition coefficient (Wildman–Crippen LogP) is 4.45. The second-order valence-corrected chi connectivity index (χ2v) is 9.52. The first-order chi connectivity index (χ1) is 17.1. The molecule has 1 aliphatic rings. The summed E-state index contributed by atoms with van der Waals surface area (Å²) in [7, 11) is 1.59. The number of aromatic nitrogens is 5. The SMILES string of the molecule is COc1ccc(-c2ccc(-c3cnn4c(N)c(Br)c(C5CCC(COCO)CC5)nc34)cn2)cn1. The Morgan fingerprint density at radius 2 is 1.83 bits per heavy atom. The highest BCUT2D eigenvalue weighted by Gasteiger charge is 2.27. The molecule has 4 aromatic heterocycles. The molecule has 5 rings (SSSR count). The van der Waals surface area contributed by atoms with Crippen molar-refractivity contribution in [3.63, 3.8) is 0 Å². The van der Waals surface area contributed by atoms with Crippen molar-refractivity contribution in [1.82, 2.24) is 24.6 Å². The van der Waals surface area contributed by atoms with E-state index in [-0.39, 0.29) is 6.79 Å². The summed E-state index contributed by atoms with van der Waals surface area (Å²) in [4.78, 5) is 13.9. The highest BCUT2D eigenvalue weighted by Crippen LogP contribution is 2.40. The van der Waals surface area contributed by atoms with Crippen molar-refractivity contribution in [3.05, 3.63) is 53.0 Å². The quantitative estimate of drug-likeness (QED) is 0.331. The molecule has 0 aromatic carbocycles. The molecule has 0 bridgehead atoms. The van der Waals surface area contributed by atoms with Gasteiger partial charge in [0.1, 0.15) is 12.6 Å². The van der Waals surface area contributed by atoms with Gasteiger partial charge in [0.2, 0.25) is 5.88 Å². The van der Waals surface area contributed by atoms with Crippen molar-refractivity contribution in [1.29, 1.82) is 0 Å². The van der Waals surface area contributed by atoms with Gasteiger partial charge in [0.15, 0.2) is 5.65 Å². The van der Waals surface area contributed by atoms with Crippen LogP contribution in [0.3, 0.4) is 0 Å². The minimum atomic E-state index is -0.225. The molecule has 9 nitrogen and oxygen atoms in total. The van der Waals surface area contributed by atoms with E-state index < -0.39 is 0 Å². The number of anilines is 1. The average Bonchev–Trinajstić information content (AvgIpc) is 3.34. The number of rotatable bonds is 7. The summed E-state index contributed by atoms with van der Waals surface area (Å²) < 4.78 is 12.8. The van der Waals surface area contributed by atoms with Crippen LogP contribution >= 0.6 is 15.9 Å². The van der Waals surface area contributed by atoms with Gasteiger partial charge in [-0.15, -0.1) is 0 Å². The van der Waals surface area contributed by atoms with Crippen molar-refractivity contribution < 1.29 is 14.6 Å². The largest absolute Gasteiger partial charge is 0.481 e. The zero-order valence-electron chi connectivity index (χ0n) is 19.4. The Kier molecular flexibility index (Phi) is 6.94. The molecule has 0 unspecified atom stereocenters. The van der Waals surface area contributed by atoms with Crippen LogP contribution in [0.25, 0.3) is 28.0 Å². The van der Waals surface area contributed by atoms with Gasteiger partial charge in [0.05, 0.1) is 35.8 Å². The summed E-state index contributed by atoms with van der Waals surface area (Å²) in [6.07, 6.45) is 9.40. The van der Waals surface area contributed by atoms with Crippen molar-refractivity contribution in [3.8, 4) is 28.3 Å². The molecule has 3 N–H and O–H groups in total. The number of methoxy groups -OCH3 is 1. The number of hydrogen-bond acceptors (Lipinski definition) is 8. The summed E-state index contributed by atoms with van der Waals surface area (Å²) >= 11 is 3.67. The maximum atomic E-state index is 8.91. The number of pyridine rings is 2. The number of aliphatic hydroxyl groups is 1. The molecular weight excluding hydrogens is 512 g/mol. The van der Waals surface area contributed by atoms with Crippen LogP contribution in [0.2, 0.25) is 0 Å². The van der Waals surface area contributed by atoms with Gasteiger partial charge in [-0.3, -0.25) is 4.98 Å². The Bertz CT molecular complexity index is 1300. The van der Waals surface area contributed by atoms with Crippen LogP contribution in [0.1, 0.15) is 37.3 Å². The molecule has 182 valence electrons. The maximum Gasteiger partial charge on any atom is 0.212 e. The van der Waals surface area contributed by atoms with E-state index in [2.05, 4.69) is 31.0 Å². The number of ether oxygens (including phenoxy) is 2. The Morgan fingerprint density at radius 3 is 2.49 bits per heavy atom. The molecular formula is C25H27BrN6O3. The highest BCUT2D eigenvalue weighted by atomic mass is 79.9. The fourth-order valence-electron chi connectivity index (χ4n) is 4.69. The van der Waals surface area contributed by atoms with E-state index in [4.69, 9.17) is 25.3 Å². The molecule has 0 amide bonds. The number of nitrogen functional groups attached to an aromatic ring is 1. The average molecular weight is 539 g/mol. The van der Waals surface area contributed by atoms with Crippen LogP contribution in [0, 0.1) is 5.92 Å². The Balaban J connectivity index is 1.43. The van der Waals surface area contributed by atoms with E-state index in [1.54, 1.807) is 24.0 Å². The van der Waals surface area contributed by atoms with Gasteiger partial charge < -0.3 is 20.3 Å². The molecule has 4 heterocycles. The molecule has 1 saturated carbocycles. The third-order valence-corrected chi connectivity index (χ3v) is 7.45. The van der Waals surface area contributed by atoms with Crippen molar-refractivity contribution in [2.75, 3.05) is 26.2 Å². The van der Waals surface area contributed by atoms with Gasteiger partial charge in [-0.25, -0.2) is 9.97 Å². The van der Waals surface area contributed by atoms with E-state index in [0.29, 0.717) is 35.8 Å². The third kappa shape index (κ3) is 4.73. The minimum absolute atomic E-state index is 0.225. The van der Waals surface area contributed by atoms with Gasteiger partial charge in [-0.2, -0.15) is 9.61 Å². The van der Waals surface area contributed by atoms with Crippen molar-refractivity contribution >= 4 is 27.4 Å². The first-order valence-electron chi connectivity index (χ1n) is 11.6. The van der Waals surface area contributed by atoms with Gasteiger partial charge in [0, 0.05) is 41.1 Å². The number of halogens is 1. The Morgan fingerprint density at radius 1 is 1.06 bits per heavy atom. The molecule has 0 aliphatic heterocycles. The predicted molar refractivity (Wildman–Crippen MR) is 136 cm³/mol. The lowest BCUT2D eigenvalue weighted by atomic mass is 9.80. The molecule has 0 atom stereocenters. The molecule has 1 fully saturated rings. The number of nitrogens with two attached hydrogens (primary N) is 1. The standard InChI is InChI=1S/C25H27BrN6O3/c1-34-21-9-7-18(11-29-21)20-8-6-17(10-28-20)19-12-30-32-24(27)22(26)23(31-25(19)32)16-4-2-15(3-5-16)13-35-14-33/h6-12,15-16,33H,2-5,13-14,27H2,1H3. The smallest absolute Gasteiger partial charge is 0.212 e. The second kappa shape index (κ2) is 10.3. The summed E-state index contributed by atoms with van der Waals surface area (Å²) in [6, 6.07) is 7.71. The first-order valence-corrected chi connectivity index (χ1v) is 12.4. The van der Waals surface area contributed by atoms with Crippen LogP contribution < -0.4 is 10.5 Å².